The monoisotopic (exact) mass is 196 g/mol. The van der Waals surface area contributed by atoms with Crippen LogP contribution in [0.15, 0.2) is 0 Å². The van der Waals surface area contributed by atoms with Gasteiger partial charge >= 0.3 is 0 Å². The van der Waals surface area contributed by atoms with Crippen molar-refractivity contribution in [3.05, 3.63) is 0 Å². The first-order valence-electron chi connectivity index (χ1n) is 6.25. The maximum atomic E-state index is 5.91. The zero-order chi connectivity index (χ0) is 9.97. The van der Waals surface area contributed by atoms with E-state index in [0.29, 0.717) is 6.04 Å². The third-order valence-electron chi connectivity index (χ3n) is 4.10. The third-order valence-corrected chi connectivity index (χ3v) is 4.10. The van der Waals surface area contributed by atoms with Crippen molar-refractivity contribution in [2.45, 2.75) is 57.5 Å². The maximum absolute atomic E-state index is 5.91. The molecule has 1 saturated carbocycles. The van der Waals surface area contributed by atoms with E-state index < -0.39 is 0 Å². The molecule has 0 spiro atoms. The second-order valence-corrected chi connectivity index (χ2v) is 5.26. The molecule has 14 heavy (non-hydrogen) atoms. The summed E-state index contributed by atoms with van der Waals surface area (Å²) in [7, 11) is 0. The maximum Gasteiger partial charge on any atom is 0.00695 e. The van der Waals surface area contributed by atoms with E-state index in [-0.39, 0.29) is 0 Å². The van der Waals surface area contributed by atoms with E-state index in [1.54, 1.807) is 0 Å². The molecule has 0 radical (unpaired) electrons. The molecule has 1 aliphatic carbocycles. The Bertz CT molecular complexity index is 169. The molecule has 0 bridgehead atoms. The highest BCUT2D eigenvalue weighted by atomic mass is 15.2. The molecule has 0 aromatic heterocycles. The van der Waals surface area contributed by atoms with Gasteiger partial charge in [0.2, 0.25) is 0 Å². The molecule has 1 saturated heterocycles. The summed E-state index contributed by atoms with van der Waals surface area (Å²) in [6, 6.07) is 1.27. The lowest BCUT2D eigenvalue weighted by molar-refractivity contribution is 0.125. The van der Waals surface area contributed by atoms with Crippen LogP contribution in [0.2, 0.25) is 0 Å². The molecule has 1 heterocycles. The second kappa shape index (κ2) is 4.63. The Morgan fingerprint density at radius 2 is 1.86 bits per heavy atom. The summed E-state index contributed by atoms with van der Waals surface area (Å²) in [5.74, 6) is 1.04. The summed E-state index contributed by atoms with van der Waals surface area (Å²) in [6.45, 7) is 4.86. The number of hydrogen-bond acceptors (Lipinski definition) is 2. The van der Waals surface area contributed by atoms with Gasteiger partial charge in [0.1, 0.15) is 0 Å². The predicted molar refractivity (Wildman–Crippen MR) is 60.2 cm³/mol. The smallest absolute Gasteiger partial charge is 0.00695 e. The summed E-state index contributed by atoms with van der Waals surface area (Å²) in [6.07, 6.45) is 8.27. The van der Waals surface area contributed by atoms with E-state index in [1.807, 2.05) is 0 Å². The van der Waals surface area contributed by atoms with Crippen LogP contribution in [0.3, 0.4) is 0 Å². The molecular weight excluding hydrogens is 172 g/mol. The van der Waals surface area contributed by atoms with Gasteiger partial charge in [0.25, 0.3) is 0 Å². The van der Waals surface area contributed by atoms with E-state index in [4.69, 9.17) is 5.73 Å². The van der Waals surface area contributed by atoms with E-state index in [2.05, 4.69) is 11.8 Å². The lowest BCUT2D eigenvalue weighted by Crippen LogP contribution is -2.44. The normalized spacial score (nSPS) is 28.7. The Morgan fingerprint density at radius 3 is 2.36 bits per heavy atom. The van der Waals surface area contributed by atoms with Crippen molar-refractivity contribution in [1.82, 2.24) is 4.90 Å². The van der Waals surface area contributed by atoms with Crippen LogP contribution in [0.5, 0.6) is 0 Å². The topological polar surface area (TPSA) is 29.3 Å². The van der Waals surface area contributed by atoms with Gasteiger partial charge in [-0.25, -0.2) is 0 Å². The molecule has 2 rings (SSSR count). The van der Waals surface area contributed by atoms with Crippen molar-refractivity contribution >= 4 is 0 Å². The number of nitrogens with two attached hydrogens (primary N) is 1. The van der Waals surface area contributed by atoms with Gasteiger partial charge in [-0.15, -0.1) is 0 Å². The fourth-order valence-electron chi connectivity index (χ4n) is 2.72. The Labute approximate surface area is 87.8 Å². The van der Waals surface area contributed by atoms with Crippen molar-refractivity contribution in [1.29, 1.82) is 0 Å². The molecule has 2 aliphatic rings. The first kappa shape index (κ1) is 10.4. The van der Waals surface area contributed by atoms with Crippen LogP contribution >= 0.6 is 0 Å². The van der Waals surface area contributed by atoms with E-state index in [0.717, 1.165) is 12.0 Å². The summed E-state index contributed by atoms with van der Waals surface area (Å²) in [5.41, 5.74) is 5.91. The van der Waals surface area contributed by atoms with Crippen LogP contribution in [0, 0.1) is 5.92 Å². The van der Waals surface area contributed by atoms with E-state index in [1.165, 1.54) is 51.6 Å². The second-order valence-electron chi connectivity index (χ2n) is 5.26. The van der Waals surface area contributed by atoms with Crippen molar-refractivity contribution in [3.8, 4) is 0 Å². The number of rotatable bonds is 3. The molecule has 2 fully saturated rings. The number of likely N-dealkylation sites (tertiary alicyclic amines) is 1. The van der Waals surface area contributed by atoms with Gasteiger partial charge in [0.05, 0.1) is 0 Å². The average Bonchev–Trinajstić information content (AvgIpc) is 2.12. The zero-order valence-electron chi connectivity index (χ0n) is 9.41. The van der Waals surface area contributed by atoms with Crippen LogP contribution in [-0.4, -0.2) is 30.1 Å². The quantitative estimate of drug-likeness (QED) is 0.748. The fraction of sp³-hybridized carbons (Fsp3) is 1.00. The molecule has 1 unspecified atom stereocenters. The third kappa shape index (κ3) is 2.48. The van der Waals surface area contributed by atoms with E-state index >= 15 is 0 Å². The fourth-order valence-corrected chi connectivity index (χ4v) is 2.72. The molecule has 2 nitrogen and oxygen atoms in total. The minimum absolute atomic E-state index is 0.474. The minimum Gasteiger partial charge on any atom is -0.328 e. The highest BCUT2D eigenvalue weighted by Crippen LogP contribution is 2.32. The number of nitrogens with zero attached hydrogens (tertiary/aromatic N) is 1. The molecule has 1 atom stereocenters. The highest BCUT2D eigenvalue weighted by Gasteiger charge is 2.25. The molecule has 1 aliphatic heterocycles. The van der Waals surface area contributed by atoms with Crippen molar-refractivity contribution in [2.24, 2.45) is 11.7 Å². The number of hydrogen-bond donors (Lipinski definition) is 1. The standard InChI is InChI=1S/C12H24N2/c1-10(9-11-3-2-4-11)14-7-5-12(13)6-8-14/h10-12H,2-9,13H2,1H3. The van der Waals surface area contributed by atoms with Gasteiger partial charge in [0.15, 0.2) is 0 Å². The Balaban J connectivity index is 1.71. The van der Waals surface area contributed by atoms with Crippen molar-refractivity contribution in [2.75, 3.05) is 13.1 Å². The molecule has 82 valence electrons. The van der Waals surface area contributed by atoms with Gasteiger partial charge in [-0.3, -0.25) is 0 Å². The first-order chi connectivity index (χ1) is 6.75. The van der Waals surface area contributed by atoms with Crippen LogP contribution in [0.25, 0.3) is 0 Å². The van der Waals surface area contributed by atoms with Crippen LogP contribution in [0.1, 0.15) is 45.4 Å². The van der Waals surface area contributed by atoms with Crippen LogP contribution in [0.4, 0.5) is 0 Å². The SMILES string of the molecule is CC(CC1CCC1)N1CCC(N)CC1. The van der Waals surface area contributed by atoms with Gasteiger partial charge in [-0.1, -0.05) is 19.3 Å². The van der Waals surface area contributed by atoms with E-state index in [9.17, 15) is 0 Å². The summed E-state index contributed by atoms with van der Waals surface area (Å²) < 4.78 is 0. The van der Waals surface area contributed by atoms with Gasteiger partial charge < -0.3 is 10.6 Å². The van der Waals surface area contributed by atoms with Gasteiger partial charge in [0, 0.05) is 12.1 Å². The van der Waals surface area contributed by atoms with Crippen LogP contribution < -0.4 is 5.73 Å². The molecule has 0 amide bonds. The molecule has 0 aromatic carbocycles. The Kier molecular flexibility index (Phi) is 3.45. The first-order valence-corrected chi connectivity index (χ1v) is 6.25. The molecule has 2 heteroatoms. The molecular formula is C12H24N2. The molecule has 0 aromatic rings. The summed E-state index contributed by atoms with van der Waals surface area (Å²) in [4.78, 5) is 2.64. The molecule has 2 N–H and O–H groups in total. The zero-order valence-corrected chi connectivity index (χ0v) is 9.41. The summed E-state index contributed by atoms with van der Waals surface area (Å²) >= 11 is 0. The van der Waals surface area contributed by atoms with Gasteiger partial charge in [-0.2, -0.15) is 0 Å². The lowest BCUT2D eigenvalue weighted by Gasteiger charge is -2.38. The predicted octanol–water partition coefficient (Wildman–Crippen LogP) is 1.99. The average molecular weight is 196 g/mol. The highest BCUT2D eigenvalue weighted by molar-refractivity contribution is 4.81. The Hall–Kier alpha value is -0.0800. The van der Waals surface area contributed by atoms with Crippen molar-refractivity contribution < 1.29 is 0 Å². The largest absolute Gasteiger partial charge is 0.328 e. The minimum atomic E-state index is 0.474. The van der Waals surface area contributed by atoms with Crippen LogP contribution in [-0.2, 0) is 0 Å². The Morgan fingerprint density at radius 1 is 1.21 bits per heavy atom. The lowest BCUT2D eigenvalue weighted by atomic mass is 9.80. The number of piperidine rings is 1. The summed E-state index contributed by atoms with van der Waals surface area (Å²) in [5, 5.41) is 0. The van der Waals surface area contributed by atoms with Gasteiger partial charge in [-0.05, 0) is 45.2 Å². The van der Waals surface area contributed by atoms with Crippen molar-refractivity contribution in [3.63, 3.8) is 0 Å².